The van der Waals surface area contributed by atoms with Crippen LogP contribution in [0.25, 0.3) is 11.5 Å². The first-order chi connectivity index (χ1) is 10.2. The Hall–Kier alpha value is -2.40. The fourth-order valence-electron chi connectivity index (χ4n) is 1.91. The van der Waals surface area contributed by atoms with Crippen LogP contribution >= 0.6 is 11.6 Å². The molecule has 0 bridgehead atoms. The summed E-state index contributed by atoms with van der Waals surface area (Å²) in [5.74, 6) is 0.0663. The summed E-state index contributed by atoms with van der Waals surface area (Å²) >= 11 is 5.75. The Morgan fingerprint density at radius 3 is 2.67 bits per heavy atom. The van der Waals surface area contributed by atoms with Gasteiger partial charge in [-0.25, -0.2) is 4.39 Å². The van der Waals surface area contributed by atoms with Crippen molar-refractivity contribution >= 4 is 17.3 Å². The van der Waals surface area contributed by atoms with Gasteiger partial charge in [-0.1, -0.05) is 23.7 Å². The van der Waals surface area contributed by atoms with Crippen LogP contribution in [0, 0.1) is 5.82 Å². The number of benzene rings is 2. The molecule has 1 heterocycles. The molecule has 106 valence electrons. The number of aromatic nitrogens is 2. The molecule has 0 aliphatic rings. The summed E-state index contributed by atoms with van der Waals surface area (Å²) in [6.45, 7) is 0.353. The van der Waals surface area contributed by atoms with Gasteiger partial charge in [0.15, 0.2) is 0 Å². The fourth-order valence-corrected chi connectivity index (χ4v) is 2.11. The molecule has 0 saturated heterocycles. The summed E-state index contributed by atoms with van der Waals surface area (Å²) in [4.78, 5) is 0. The van der Waals surface area contributed by atoms with Crippen molar-refractivity contribution in [3.63, 3.8) is 0 Å². The molecular weight excluding hydrogens is 293 g/mol. The van der Waals surface area contributed by atoms with E-state index in [1.807, 2.05) is 24.3 Å². The Kier molecular flexibility index (Phi) is 3.83. The van der Waals surface area contributed by atoms with E-state index in [1.54, 1.807) is 12.1 Å². The van der Waals surface area contributed by atoms with Crippen molar-refractivity contribution in [1.82, 2.24) is 10.2 Å². The highest BCUT2D eigenvalue weighted by Crippen LogP contribution is 2.21. The zero-order chi connectivity index (χ0) is 14.7. The zero-order valence-electron chi connectivity index (χ0n) is 10.9. The quantitative estimate of drug-likeness (QED) is 0.787. The number of anilines is 1. The number of hydrogen-bond acceptors (Lipinski definition) is 4. The monoisotopic (exact) mass is 303 g/mol. The Labute approximate surface area is 125 Å². The number of nitrogens with zero attached hydrogens (tertiary/aromatic N) is 2. The van der Waals surface area contributed by atoms with Gasteiger partial charge in [0.2, 0.25) is 12.3 Å². The minimum atomic E-state index is -0.394. The Balaban J connectivity index is 1.70. The molecule has 0 aliphatic heterocycles. The van der Waals surface area contributed by atoms with E-state index in [0.717, 1.165) is 11.3 Å². The Morgan fingerprint density at radius 2 is 1.95 bits per heavy atom. The molecule has 0 atom stereocenters. The molecule has 0 saturated carbocycles. The number of rotatable bonds is 4. The van der Waals surface area contributed by atoms with E-state index in [4.69, 9.17) is 16.0 Å². The number of halogens is 2. The molecule has 1 N–H and O–H groups in total. The lowest BCUT2D eigenvalue weighted by Gasteiger charge is -2.08. The minimum Gasteiger partial charge on any atom is -0.423 e. The third-order valence-electron chi connectivity index (χ3n) is 3.01. The van der Waals surface area contributed by atoms with Gasteiger partial charge in [0.05, 0.1) is 5.02 Å². The van der Waals surface area contributed by atoms with Crippen molar-refractivity contribution in [3.05, 3.63) is 65.3 Å². The van der Waals surface area contributed by atoms with Crippen molar-refractivity contribution in [2.24, 2.45) is 0 Å². The van der Waals surface area contributed by atoms with Crippen molar-refractivity contribution in [2.75, 3.05) is 5.32 Å². The lowest BCUT2D eigenvalue weighted by molar-refractivity contribution is 0.568. The highest BCUT2D eigenvalue weighted by molar-refractivity contribution is 6.30. The highest BCUT2D eigenvalue weighted by Gasteiger charge is 2.06. The second kappa shape index (κ2) is 5.93. The molecule has 0 spiro atoms. The average molecular weight is 304 g/mol. The summed E-state index contributed by atoms with van der Waals surface area (Å²) in [5, 5.41) is 10.7. The van der Waals surface area contributed by atoms with E-state index in [-0.39, 0.29) is 5.02 Å². The fraction of sp³-hybridized carbons (Fsp3) is 0.0667. The molecule has 1 aromatic heterocycles. The van der Waals surface area contributed by atoms with Gasteiger partial charge < -0.3 is 9.73 Å². The first-order valence-electron chi connectivity index (χ1n) is 6.27. The lowest BCUT2D eigenvalue weighted by atomic mass is 10.2. The zero-order valence-corrected chi connectivity index (χ0v) is 11.6. The Bertz CT molecular complexity index is 729. The van der Waals surface area contributed by atoms with Crippen molar-refractivity contribution in [1.29, 1.82) is 0 Å². The van der Waals surface area contributed by atoms with Gasteiger partial charge >= 0.3 is 0 Å². The van der Waals surface area contributed by atoms with E-state index < -0.39 is 5.82 Å². The van der Waals surface area contributed by atoms with Crippen LogP contribution in [-0.2, 0) is 6.54 Å². The molecule has 0 unspecified atom stereocenters. The van der Waals surface area contributed by atoms with Crippen LogP contribution in [0.3, 0.4) is 0 Å². The van der Waals surface area contributed by atoms with E-state index >= 15 is 0 Å². The van der Waals surface area contributed by atoms with Crippen molar-refractivity contribution in [3.8, 4) is 11.5 Å². The number of nitrogens with one attached hydrogen (secondary N) is 1. The first-order valence-corrected chi connectivity index (χ1v) is 6.65. The molecule has 6 heteroatoms. The van der Waals surface area contributed by atoms with Crippen LogP contribution in [0.5, 0.6) is 0 Å². The third-order valence-corrected chi connectivity index (χ3v) is 3.30. The molecule has 0 aliphatic carbocycles. The molecular formula is C15H11ClFN3O. The third kappa shape index (κ3) is 3.03. The normalized spacial score (nSPS) is 10.6. The average Bonchev–Trinajstić information content (AvgIpc) is 3.04. The van der Waals surface area contributed by atoms with E-state index in [0.29, 0.717) is 18.0 Å². The highest BCUT2D eigenvalue weighted by atomic mass is 35.5. The summed E-state index contributed by atoms with van der Waals surface area (Å²) < 4.78 is 18.9. The summed E-state index contributed by atoms with van der Waals surface area (Å²) in [7, 11) is 0. The SMILES string of the molecule is Fc1c(Cl)cccc1CNc1ccc(-c2nnco2)cc1. The van der Waals surface area contributed by atoms with Crippen molar-refractivity contribution in [2.45, 2.75) is 6.54 Å². The van der Waals surface area contributed by atoms with Gasteiger partial charge in [-0.3, -0.25) is 0 Å². The second-order valence-corrected chi connectivity index (χ2v) is 4.79. The molecule has 4 nitrogen and oxygen atoms in total. The molecule has 0 amide bonds. The second-order valence-electron chi connectivity index (χ2n) is 4.39. The van der Waals surface area contributed by atoms with Gasteiger partial charge in [-0.05, 0) is 30.3 Å². The van der Waals surface area contributed by atoms with Crippen LogP contribution < -0.4 is 5.32 Å². The smallest absolute Gasteiger partial charge is 0.247 e. The van der Waals surface area contributed by atoms with E-state index in [9.17, 15) is 4.39 Å². The standard InChI is InChI=1S/C15H11ClFN3O/c16-13-3-1-2-11(14(13)17)8-18-12-6-4-10(5-7-12)15-20-19-9-21-15/h1-7,9,18H,8H2. The topological polar surface area (TPSA) is 51.0 Å². The lowest BCUT2D eigenvalue weighted by Crippen LogP contribution is -2.01. The maximum atomic E-state index is 13.8. The van der Waals surface area contributed by atoms with Gasteiger partial charge in [0.25, 0.3) is 0 Å². The van der Waals surface area contributed by atoms with Gasteiger partial charge in [0.1, 0.15) is 5.82 Å². The van der Waals surface area contributed by atoms with Gasteiger partial charge in [0, 0.05) is 23.4 Å². The molecule has 0 radical (unpaired) electrons. The summed E-state index contributed by atoms with van der Waals surface area (Å²) in [5.41, 5.74) is 2.20. The molecule has 2 aromatic carbocycles. The van der Waals surface area contributed by atoms with Crippen LogP contribution in [0.4, 0.5) is 10.1 Å². The molecule has 0 fully saturated rings. The summed E-state index contributed by atoms with van der Waals surface area (Å²) in [6.07, 6.45) is 1.28. The predicted molar refractivity (Wildman–Crippen MR) is 78.5 cm³/mol. The maximum absolute atomic E-state index is 13.8. The largest absolute Gasteiger partial charge is 0.423 e. The van der Waals surface area contributed by atoms with Crippen LogP contribution in [0.15, 0.2) is 53.3 Å². The van der Waals surface area contributed by atoms with Crippen LogP contribution in [0.2, 0.25) is 5.02 Å². The van der Waals surface area contributed by atoms with Crippen molar-refractivity contribution < 1.29 is 8.81 Å². The molecule has 3 rings (SSSR count). The van der Waals surface area contributed by atoms with Crippen LogP contribution in [-0.4, -0.2) is 10.2 Å². The van der Waals surface area contributed by atoms with Crippen LogP contribution in [0.1, 0.15) is 5.56 Å². The molecule has 3 aromatic rings. The maximum Gasteiger partial charge on any atom is 0.247 e. The first kappa shape index (κ1) is 13.6. The number of hydrogen-bond donors (Lipinski definition) is 1. The Morgan fingerprint density at radius 1 is 1.14 bits per heavy atom. The van der Waals surface area contributed by atoms with Gasteiger partial charge in [-0.15, -0.1) is 10.2 Å². The predicted octanol–water partition coefficient (Wildman–Crippen LogP) is 4.14. The van der Waals surface area contributed by atoms with Gasteiger partial charge in [-0.2, -0.15) is 0 Å². The minimum absolute atomic E-state index is 0.126. The molecule has 21 heavy (non-hydrogen) atoms. The van der Waals surface area contributed by atoms with E-state index in [2.05, 4.69) is 15.5 Å². The van der Waals surface area contributed by atoms with E-state index in [1.165, 1.54) is 12.5 Å². The summed E-state index contributed by atoms with van der Waals surface area (Å²) in [6, 6.07) is 12.4.